The SMILES string of the molecule is CC(C)(CNC(=O)c1ccc(=O)n(-c2ccc(F)cc2)n1)C(=O)O. The first-order chi connectivity index (χ1) is 11.2. The van der Waals surface area contributed by atoms with E-state index in [4.69, 9.17) is 5.11 Å². The van der Waals surface area contributed by atoms with E-state index in [1.807, 2.05) is 0 Å². The van der Waals surface area contributed by atoms with Crippen LogP contribution >= 0.6 is 0 Å². The van der Waals surface area contributed by atoms with Crippen molar-refractivity contribution in [2.75, 3.05) is 6.54 Å². The molecule has 0 fully saturated rings. The van der Waals surface area contributed by atoms with E-state index in [1.54, 1.807) is 0 Å². The van der Waals surface area contributed by atoms with Crippen LogP contribution in [0.2, 0.25) is 0 Å². The number of amides is 1. The van der Waals surface area contributed by atoms with Gasteiger partial charge in [0, 0.05) is 12.6 Å². The zero-order valence-corrected chi connectivity index (χ0v) is 13.1. The van der Waals surface area contributed by atoms with Crippen molar-refractivity contribution in [1.82, 2.24) is 15.1 Å². The Morgan fingerprint density at radius 3 is 2.42 bits per heavy atom. The van der Waals surface area contributed by atoms with Gasteiger partial charge in [0.05, 0.1) is 11.1 Å². The Bertz CT molecular complexity index is 828. The summed E-state index contributed by atoms with van der Waals surface area (Å²) in [6.45, 7) is 2.85. The number of halogens is 1. The maximum absolute atomic E-state index is 13.0. The lowest BCUT2D eigenvalue weighted by atomic mass is 9.94. The van der Waals surface area contributed by atoms with Crippen LogP contribution in [0.15, 0.2) is 41.2 Å². The molecule has 0 aliphatic heterocycles. The summed E-state index contributed by atoms with van der Waals surface area (Å²) in [6, 6.07) is 7.47. The summed E-state index contributed by atoms with van der Waals surface area (Å²) < 4.78 is 13.9. The van der Waals surface area contributed by atoms with E-state index >= 15 is 0 Å². The zero-order valence-electron chi connectivity index (χ0n) is 13.1. The second-order valence-corrected chi connectivity index (χ2v) is 5.82. The van der Waals surface area contributed by atoms with Crippen molar-refractivity contribution in [3.05, 3.63) is 58.3 Å². The Morgan fingerprint density at radius 2 is 1.83 bits per heavy atom. The number of aliphatic carboxylic acids is 1. The van der Waals surface area contributed by atoms with Gasteiger partial charge in [0.15, 0.2) is 0 Å². The van der Waals surface area contributed by atoms with Crippen LogP contribution in [-0.4, -0.2) is 33.3 Å². The van der Waals surface area contributed by atoms with Crippen molar-refractivity contribution in [1.29, 1.82) is 0 Å². The van der Waals surface area contributed by atoms with E-state index in [0.717, 1.165) is 10.7 Å². The predicted octanol–water partition coefficient (Wildman–Crippen LogP) is 1.21. The third-order valence-corrected chi connectivity index (χ3v) is 3.37. The van der Waals surface area contributed by atoms with Crippen LogP contribution in [0.5, 0.6) is 0 Å². The van der Waals surface area contributed by atoms with Gasteiger partial charge >= 0.3 is 5.97 Å². The number of rotatable bonds is 5. The van der Waals surface area contributed by atoms with E-state index in [0.29, 0.717) is 5.69 Å². The second kappa shape index (κ2) is 6.61. The molecule has 1 aromatic heterocycles. The third kappa shape index (κ3) is 3.83. The number of carboxylic acids is 1. The van der Waals surface area contributed by atoms with Crippen molar-refractivity contribution >= 4 is 11.9 Å². The van der Waals surface area contributed by atoms with Crippen LogP contribution in [0.1, 0.15) is 24.3 Å². The molecule has 7 nitrogen and oxygen atoms in total. The average molecular weight is 333 g/mol. The van der Waals surface area contributed by atoms with Gasteiger partial charge in [-0.15, -0.1) is 0 Å². The Labute approximate surface area is 136 Å². The van der Waals surface area contributed by atoms with Gasteiger partial charge in [-0.1, -0.05) is 0 Å². The number of carbonyl (C=O) groups is 2. The molecule has 2 rings (SSSR count). The van der Waals surface area contributed by atoms with Gasteiger partial charge in [-0.2, -0.15) is 9.78 Å². The lowest BCUT2D eigenvalue weighted by Gasteiger charge is -2.19. The minimum absolute atomic E-state index is 0.0555. The van der Waals surface area contributed by atoms with Gasteiger partial charge in [0.25, 0.3) is 11.5 Å². The van der Waals surface area contributed by atoms with Crippen LogP contribution in [0, 0.1) is 11.2 Å². The molecule has 0 saturated heterocycles. The van der Waals surface area contributed by atoms with Crippen molar-refractivity contribution in [2.24, 2.45) is 5.41 Å². The van der Waals surface area contributed by atoms with E-state index < -0.39 is 28.7 Å². The van der Waals surface area contributed by atoms with Gasteiger partial charge in [0.2, 0.25) is 0 Å². The lowest BCUT2D eigenvalue weighted by molar-refractivity contribution is -0.146. The van der Waals surface area contributed by atoms with Crippen molar-refractivity contribution < 1.29 is 19.1 Å². The van der Waals surface area contributed by atoms with Crippen molar-refractivity contribution in [3.63, 3.8) is 0 Å². The molecule has 0 spiro atoms. The number of hydrogen-bond donors (Lipinski definition) is 2. The quantitative estimate of drug-likeness (QED) is 0.856. The molecular weight excluding hydrogens is 317 g/mol. The molecule has 24 heavy (non-hydrogen) atoms. The first kappa shape index (κ1) is 17.3. The average Bonchev–Trinajstić information content (AvgIpc) is 2.54. The molecule has 1 heterocycles. The summed E-state index contributed by atoms with van der Waals surface area (Å²) in [5, 5.41) is 15.4. The van der Waals surface area contributed by atoms with Crippen molar-refractivity contribution in [3.8, 4) is 5.69 Å². The number of aromatic nitrogens is 2. The first-order valence-electron chi connectivity index (χ1n) is 7.08. The van der Waals surface area contributed by atoms with E-state index in [2.05, 4.69) is 10.4 Å². The summed E-state index contributed by atoms with van der Waals surface area (Å²) >= 11 is 0. The van der Waals surface area contributed by atoms with Crippen LogP contribution in [0.4, 0.5) is 4.39 Å². The second-order valence-electron chi connectivity index (χ2n) is 5.82. The zero-order chi connectivity index (χ0) is 17.9. The fraction of sp³-hybridized carbons (Fsp3) is 0.250. The summed E-state index contributed by atoms with van der Waals surface area (Å²) in [5.41, 5.74) is -1.37. The molecule has 0 unspecified atom stereocenters. The van der Waals surface area contributed by atoms with Crippen LogP contribution in [0.25, 0.3) is 5.69 Å². The highest BCUT2D eigenvalue weighted by Crippen LogP contribution is 2.13. The number of nitrogens with zero attached hydrogens (tertiary/aromatic N) is 2. The topological polar surface area (TPSA) is 101 Å². The third-order valence-electron chi connectivity index (χ3n) is 3.37. The molecule has 0 bridgehead atoms. The highest BCUT2D eigenvalue weighted by atomic mass is 19.1. The summed E-state index contributed by atoms with van der Waals surface area (Å²) in [5.74, 6) is -2.12. The number of nitrogens with one attached hydrogen (secondary N) is 1. The lowest BCUT2D eigenvalue weighted by Crippen LogP contribution is -2.39. The van der Waals surface area contributed by atoms with Crippen LogP contribution in [0.3, 0.4) is 0 Å². The maximum atomic E-state index is 13.0. The van der Waals surface area contributed by atoms with E-state index in [-0.39, 0.29) is 12.2 Å². The smallest absolute Gasteiger partial charge is 0.310 e. The molecule has 2 N–H and O–H groups in total. The molecule has 0 atom stereocenters. The molecule has 126 valence electrons. The van der Waals surface area contributed by atoms with Crippen LogP contribution < -0.4 is 10.9 Å². The normalized spacial score (nSPS) is 11.1. The molecule has 0 radical (unpaired) electrons. The summed E-state index contributed by atoms with van der Waals surface area (Å²) in [4.78, 5) is 35.0. The number of benzene rings is 1. The fourth-order valence-electron chi connectivity index (χ4n) is 1.77. The van der Waals surface area contributed by atoms with E-state index in [9.17, 15) is 18.8 Å². The Morgan fingerprint density at radius 1 is 1.21 bits per heavy atom. The minimum Gasteiger partial charge on any atom is -0.481 e. The Balaban J connectivity index is 2.24. The molecule has 1 amide bonds. The minimum atomic E-state index is -1.14. The monoisotopic (exact) mass is 333 g/mol. The van der Waals surface area contributed by atoms with Crippen LogP contribution in [-0.2, 0) is 4.79 Å². The maximum Gasteiger partial charge on any atom is 0.310 e. The van der Waals surface area contributed by atoms with Gasteiger partial charge < -0.3 is 10.4 Å². The molecular formula is C16H16FN3O4. The number of carbonyl (C=O) groups excluding carboxylic acids is 1. The Kier molecular flexibility index (Phi) is 4.77. The van der Waals surface area contributed by atoms with E-state index in [1.165, 1.54) is 44.2 Å². The summed E-state index contributed by atoms with van der Waals surface area (Å²) in [7, 11) is 0. The molecule has 0 saturated carbocycles. The first-order valence-corrected chi connectivity index (χ1v) is 7.08. The Hall–Kier alpha value is -3.03. The molecule has 1 aromatic carbocycles. The highest BCUT2D eigenvalue weighted by Gasteiger charge is 2.28. The fourth-order valence-corrected chi connectivity index (χ4v) is 1.77. The molecule has 8 heteroatoms. The molecule has 0 aliphatic rings. The van der Waals surface area contributed by atoms with Gasteiger partial charge in [-0.05, 0) is 44.2 Å². The predicted molar refractivity (Wildman–Crippen MR) is 83.5 cm³/mol. The van der Waals surface area contributed by atoms with Crippen molar-refractivity contribution in [2.45, 2.75) is 13.8 Å². The highest BCUT2D eigenvalue weighted by molar-refractivity contribution is 5.92. The molecule has 2 aromatic rings. The standard InChI is InChI=1S/C16H16FN3O4/c1-16(2,15(23)24)9-18-14(22)12-7-8-13(21)20(19-12)11-5-3-10(17)4-6-11/h3-8H,9H2,1-2H3,(H,18,22)(H,23,24). The van der Waals surface area contributed by atoms with Gasteiger partial charge in [-0.25, -0.2) is 4.39 Å². The number of hydrogen-bond acceptors (Lipinski definition) is 4. The van der Waals surface area contributed by atoms with Gasteiger partial charge in [0.1, 0.15) is 11.5 Å². The van der Waals surface area contributed by atoms with Gasteiger partial charge in [-0.3, -0.25) is 14.4 Å². The largest absolute Gasteiger partial charge is 0.481 e. The summed E-state index contributed by atoms with van der Waals surface area (Å²) in [6.07, 6.45) is 0. The molecule has 0 aliphatic carbocycles. The number of carboxylic acid groups (broad SMARTS) is 1.